The van der Waals surface area contributed by atoms with Crippen LogP contribution in [0.2, 0.25) is 0 Å². The number of hydrogen-bond donors (Lipinski definition) is 2. The number of benzene rings is 1. The van der Waals surface area contributed by atoms with Crippen molar-refractivity contribution in [3.8, 4) is 5.75 Å². The second-order valence-corrected chi connectivity index (χ2v) is 6.89. The molecular formula is C20H29N3O4. The summed E-state index contributed by atoms with van der Waals surface area (Å²) in [4.78, 5) is 2.16. The molecule has 1 aromatic heterocycles. The molecule has 0 fully saturated rings. The first-order valence-corrected chi connectivity index (χ1v) is 9.52. The number of nitrogens with zero attached hydrogens (tertiary/aromatic N) is 3. The topological polar surface area (TPSA) is 80.0 Å². The minimum absolute atomic E-state index is 0.153. The molecule has 1 aromatic carbocycles. The molecule has 2 heterocycles. The third-order valence-corrected chi connectivity index (χ3v) is 4.85. The largest absolute Gasteiger partial charge is 0.491 e. The molecule has 2 aromatic rings. The Kier molecular flexibility index (Phi) is 7.09. The van der Waals surface area contributed by atoms with E-state index in [9.17, 15) is 10.2 Å². The number of aliphatic hydroxyl groups is 2. The predicted octanol–water partition coefficient (Wildman–Crippen LogP) is 1.73. The van der Waals surface area contributed by atoms with Gasteiger partial charge in [0.1, 0.15) is 11.9 Å². The summed E-state index contributed by atoms with van der Waals surface area (Å²) in [5, 5.41) is 24.7. The normalized spacial score (nSPS) is 22.6. The summed E-state index contributed by atoms with van der Waals surface area (Å²) in [6.07, 6.45) is 2.21. The Labute approximate surface area is 160 Å². The number of aliphatic hydroxyl groups excluding tert-OH is 2. The minimum atomic E-state index is -0.877. The molecule has 0 saturated carbocycles. The van der Waals surface area contributed by atoms with E-state index < -0.39 is 12.2 Å². The summed E-state index contributed by atoms with van der Waals surface area (Å²) in [5.41, 5.74) is 2.04. The van der Waals surface area contributed by atoms with Crippen LogP contribution in [0.5, 0.6) is 5.75 Å². The summed E-state index contributed by atoms with van der Waals surface area (Å²) in [6, 6.07) is 9.93. The van der Waals surface area contributed by atoms with Crippen molar-refractivity contribution in [2.75, 3.05) is 31.3 Å². The van der Waals surface area contributed by atoms with Crippen LogP contribution in [0.15, 0.2) is 36.5 Å². The van der Waals surface area contributed by atoms with Gasteiger partial charge in [-0.3, -0.25) is 4.68 Å². The van der Waals surface area contributed by atoms with E-state index in [1.165, 1.54) is 0 Å². The van der Waals surface area contributed by atoms with Gasteiger partial charge in [-0.15, -0.1) is 0 Å². The number of ether oxygens (including phenoxy) is 2. The first-order chi connectivity index (χ1) is 13.1. The van der Waals surface area contributed by atoms with Crippen molar-refractivity contribution >= 4 is 5.69 Å². The average Bonchev–Trinajstić information content (AvgIpc) is 3.08. The molecule has 0 spiro atoms. The highest BCUT2D eigenvalue weighted by atomic mass is 16.5. The Morgan fingerprint density at radius 2 is 1.93 bits per heavy atom. The maximum Gasteiger partial charge on any atom is 0.142 e. The monoisotopic (exact) mass is 375 g/mol. The van der Waals surface area contributed by atoms with Gasteiger partial charge >= 0.3 is 0 Å². The third kappa shape index (κ3) is 5.45. The number of hydrogen-bond acceptors (Lipinski definition) is 6. The summed E-state index contributed by atoms with van der Waals surface area (Å²) in [5.74, 6) is 0.827. The molecule has 0 unspecified atom stereocenters. The molecule has 2 N–H and O–H groups in total. The maximum atomic E-state index is 10.3. The van der Waals surface area contributed by atoms with E-state index in [2.05, 4.69) is 10.00 Å². The molecule has 0 radical (unpaired) electrons. The second kappa shape index (κ2) is 9.73. The van der Waals surface area contributed by atoms with Crippen LogP contribution in [0.3, 0.4) is 0 Å². The SMILES string of the molecule is Cn1nccc1CN1CC[C@H](O)[C@H](O)COCCCCOc2ccccc21. The Bertz CT molecular complexity index is 706. The van der Waals surface area contributed by atoms with Gasteiger partial charge in [0.15, 0.2) is 0 Å². The summed E-state index contributed by atoms with van der Waals surface area (Å²) < 4.78 is 13.3. The van der Waals surface area contributed by atoms with Gasteiger partial charge in [0.25, 0.3) is 0 Å². The number of anilines is 1. The number of fused-ring (bicyclic) bond motifs is 1. The zero-order valence-corrected chi connectivity index (χ0v) is 15.8. The molecular weight excluding hydrogens is 346 g/mol. The van der Waals surface area contributed by atoms with Gasteiger partial charge in [-0.1, -0.05) is 12.1 Å². The molecule has 3 rings (SSSR count). The zero-order valence-electron chi connectivity index (χ0n) is 15.8. The quantitative estimate of drug-likeness (QED) is 0.832. The number of rotatable bonds is 2. The predicted molar refractivity (Wildman–Crippen MR) is 103 cm³/mol. The van der Waals surface area contributed by atoms with E-state index in [4.69, 9.17) is 9.47 Å². The molecule has 0 amide bonds. The van der Waals surface area contributed by atoms with Crippen molar-refractivity contribution in [2.45, 2.75) is 38.0 Å². The molecule has 1 aliphatic rings. The van der Waals surface area contributed by atoms with Crippen LogP contribution in [0, 0.1) is 0 Å². The minimum Gasteiger partial charge on any atom is -0.491 e. The van der Waals surface area contributed by atoms with Crippen LogP contribution in [-0.2, 0) is 18.3 Å². The van der Waals surface area contributed by atoms with Crippen LogP contribution >= 0.6 is 0 Å². The van der Waals surface area contributed by atoms with Crippen LogP contribution in [0.4, 0.5) is 5.69 Å². The lowest BCUT2D eigenvalue weighted by Gasteiger charge is -2.29. The van der Waals surface area contributed by atoms with E-state index >= 15 is 0 Å². The Hall–Kier alpha value is -2.09. The summed E-state index contributed by atoms with van der Waals surface area (Å²) >= 11 is 0. The highest BCUT2D eigenvalue weighted by Gasteiger charge is 2.20. The van der Waals surface area contributed by atoms with E-state index in [1.54, 1.807) is 6.20 Å². The lowest BCUT2D eigenvalue weighted by molar-refractivity contribution is -0.0405. The first-order valence-electron chi connectivity index (χ1n) is 9.52. The molecule has 2 atom stereocenters. The standard InChI is InChI=1S/C20H29N3O4/c1-22-16(8-10-21-22)14-23-11-9-18(24)19(25)15-26-12-4-5-13-27-20-7-3-2-6-17(20)23/h2-3,6-8,10,18-19,24-25H,4-5,9,11-15H2,1H3/t18-,19+/m0/s1. The van der Waals surface area contributed by atoms with Crippen LogP contribution in [0.25, 0.3) is 0 Å². The number of aryl methyl sites for hydroxylation is 1. The highest BCUT2D eigenvalue weighted by Crippen LogP contribution is 2.30. The van der Waals surface area contributed by atoms with Gasteiger partial charge in [0.05, 0.1) is 37.2 Å². The number of para-hydroxylation sites is 2. The van der Waals surface area contributed by atoms with Gasteiger partial charge in [-0.05, 0) is 37.5 Å². The van der Waals surface area contributed by atoms with Gasteiger partial charge in [-0.25, -0.2) is 0 Å². The second-order valence-electron chi connectivity index (χ2n) is 6.89. The van der Waals surface area contributed by atoms with Gasteiger partial charge < -0.3 is 24.6 Å². The molecule has 27 heavy (non-hydrogen) atoms. The van der Waals surface area contributed by atoms with Crippen LogP contribution < -0.4 is 9.64 Å². The van der Waals surface area contributed by atoms with E-state index in [-0.39, 0.29) is 6.61 Å². The van der Waals surface area contributed by atoms with Crippen molar-refractivity contribution in [1.29, 1.82) is 0 Å². The van der Waals surface area contributed by atoms with Gasteiger partial charge in [-0.2, -0.15) is 5.10 Å². The van der Waals surface area contributed by atoms with Gasteiger partial charge in [0, 0.05) is 26.4 Å². The van der Waals surface area contributed by atoms with E-state index in [0.29, 0.717) is 32.7 Å². The molecule has 7 nitrogen and oxygen atoms in total. The van der Waals surface area contributed by atoms with Crippen LogP contribution in [-0.4, -0.2) is 58.6 Å². The average molecular weight is 375 g/mol. The third-order valence-electron chi connectivity index (χ3n) is 4.85. The maximum absolute atomic E-state index is 10.3. The van der Waals surface area contributed by atoms with Gasteiger partial charge in [0.2, 0.25) is 0 Å². The van der Waals surface area contributed by atoms with Crippen molar-refractivity contribution in [2.24, 2.45) is 7.05 Å². The van der Waals surface area contributed by atoms with Crippen molar-refractivity contribution in [1.82, 2.24) is 9.78 Å². The lowest BCUT2D eigenvalue weighted by Crippen LogP contribution is -2.35. The highest BCUT2D eigenvalue weighted by molar-refractivity contribution is 5.58. The lowest BCUT2D eigenvalue weighted by atomic mass is 10.1. The molecule has 7 heteroatoms. The Morgan fingerprint density at radius 1 is 1.11 bits per heavy atom. The van der Waals surface area contributed by atoms with Crippen molar-refractivity contribution in [3.05, 3.63) is 42.2 Å². The smallest absolute Gasteiger partial charge is 0.142 e. The Morgan fingerprint density at radius 3 is 2.74 bits per heavy atom. The fourth-order valence-electron chi connectivity index (χ4n) is 3.16. The van der Waals surface area contributed by atoms with E-state index in [1.807, 2.05) is 42.1 Å². The van der Waals surface area contributed by atoms with Crippen molar-refractivity contribution < 1.29 is 19.7 Å². The molecule has 148 valence electrons. The van der Waals surface area contributed by atoms with Crippen LogP contribution in [0.1, 0.15) is 25.0 Å². The summed E-state index contributed by atoms with van der Waals surface area (Å²) in [6.45, 7) is 2.53. The molecule has 0 aliphatic carbocycles. The zero-order chi connectivity index (χ0) is 19.1. The fourth-order valence-corrected chi connectivity index (χ4v) is 3.16. The first kappa shape index (κ1) is 19.7. The Balaban J connectivity index is 1.84. The molecule has 1 aliphatic heterocycles. The van der Waals surface area contributed by atoms with E-state index in [0.717, 1.165) is 30.0 Å². The van der Waals surface area contributed by atoms with Crippen molar-refractivity contribution in [3.63, 3.8) is 0 Å². The summed E-state index contributed by atoms with van der Waals surface area (Å²) in [7, 11) is 1.91. The fraction of sp³-hybridized carbons (Fsp3) is 0.550. The molecule has 0 saturated heterocycles. The number of aromatic nitrogens is 2. The molecule has 0 bridgehead atoms.